The topological polar surface area (TPSA) is 58.1 Å². The lowest BCUT2D eigenvalue weighted by molar-refractivity contribution is 0.174. The van der Waals surface area contributed by atoms with Gasteiger partial charge in [0, 0.05) is 25.7 Å². The Bertz CT molecular complexity index is 562. The first-order chi connectivity index (χ1) is 10.9. The van der Waals surface area contributed by atoms with Crippen LogP contribution in [-0.2, 0) is 6.42 Å². The van der Waals surface area contributed by atoms with Gasteiger partial charge >= 0.3 is 0 Å². The summed E-state index contributed by atoms with van der Waals surface area (Å²) in [6, 6.07) is 6.07. The molecule has 0 atom stereocenters. The van der Waals surface area contributed by atoms with E-state index in [2.05, 4.69) is 54.5 Å². The standard InChI is InChI=1S/C17H28N4O2.HI/c1-17(2,21(4)5)11-20-16(18-3)19-9-8-13-6-7-14-15(10-13)23-12-22-14;/h6-7,10H,8-9,11-12H2,1-5H3,(H2,18,19,20);1H. The highest BCUT2D eigenvalue weighted by atomic mass is 127. The number of ether oxygens (including phenoxy) is 2. The van der Waals surface area contributed by atoms with Gasteiger partial charge in [0.05, 0.1) is 0 Å². The second-order valence-electron chi connectivity index (χ2n) is 6.50. The summed E-state index contributed by atoms with van der Waals surface area (Å²) >= 11 is 0. The number of nitrogens with zero attached hydrogens (tertiary/aromatic N) is 2. The Labute approximate surface area is 162 Å². The molecule has 1 aromatic rings. The van der Waals surface area contributed by atoms with E-state index < -0.39 is 0 Å². The molecule has 1 aliphatic heterocycles. The predicted molar refractivity (Wildman–Crippen MR) is 109 cm³/mol. The van der Waals surface area contributed by atoms with Crippen LogP contribution in [0.5, 0.6) is 11.5 Å². The number of halogens is 1. The SMILES string of the molecule is CN=C(NCCc1ccc2c(c1)OCO2)NCC(C)(C)N(C)C.I. The zero-order valence-electron chi connectivity index (χ0n) is 15.2. The molecular formula is C17H29IN4O2. The van der Waals surface area contributed by atoms with Gasteiger partial charge in [-0.05, 0) is 52.1 Å². The molecule has 24 heavy (non-hydrogen) atoms. The van der Waals surface area contributed by atoms with Crippen LogP contribution in [0.25, 0.3) is 0 Å². The highest BCUT2D eigenvalue weighted by molar-refractivity contribution is 14.0. The summed E-state index contributed by atoms with van der Waals surface area (Å²) in [6.07, 6.45) is 0.897. The first-order valence-electron chi connectivity index (χ1n) is 7.93. The van der Waals surface area contributed by atoms with Crippen molar-refractivity contribution in [2.24, 2.45) is 4.99 Å². The molecule has 1 heterocycles. The van der Waals surface area contributed by atoms with Crippen molar-refractivity contribution in [3.8, 4) is 11.5 Å². The monoisotopic (exact) mass is 448 g/mol. The maximum atomic E-state index is 5.40. The quantitative estimate of drug-likeness (QED) is 0.397. The molecule has 136 valence electrons. The number of likely N-dealkylation sites (N-methyl/N-ethyl adjacent to an activating group) is 1. The summed E-state index contributed by atoms with van der Waals surface area (Å²) in [5.74, 6) is 2.48. The number of guanidine groups is 1. The van der Waals surface area contributed by atoms with Crippen molar-refractivity contribution in [1.82, 2.24) is 15.5 Å². The molecule has 0 aliphatic carbocycles. The minimum atomic E-state index is 0. The molecule has 6 nitrogen and oxygen atoms in total. The van der Waals surface area contributed by atoms with E-state index in [0.29, 0.717) is 6.79 Å². The molecule has 7 heteroatoms. The second kappa shape index (κ2) is 9.31. The summed E-state index contributed by atoms with van der Waals surface area (Å²) in [5.41, 5.74) is 1.28. The zero-order valence-corrected chi connectivity index (χ0v) is 17.5. The number of rotatable bonds is 6. The fourth-order valence-electron chi connectivity index (χ4n) is 2.10. The molecule has 1 aromatic carbocycles. The average molecular weight is 448 g/mol. The summed E-state index contributed by atoms with van der Waals surface area (Å²) < 4.78 is 10.7. The molecule has 0 amide bonds. The van der Waals surface area contributed by atoms with E-state index in [-0.39, 0.29) is 29.5 Å². The van der Waals surface area contributed by atoms with Gasteiger partial charge in [0.15, 0.2) is 17.5 Å². The van der Waals surface area contributed by atoms with E-state index in [0.717, 1.165) is 37.0 Å². The lowest BCUT2D eigenvalue weighted by atomic mass is 10.0. The third-order valence-electron chi connectivity index (χ3n) is 4.27. The number of hydrogen-bond acceptors (Lipinski definition) is 4. The van der Waals surface area contributed by atoms with Gasteiger partial charge in [-0.15, -0.1) is 24.0 Å². The van der Waals surface area contributed by atoms with Crippen LogP contribution in [0.15, 0.2) is 23.2 Å². The van der Waals surface area contributed by atoms with Gasteiger partial charge in [-0.3, -0.25) is 4.99 Å². The molecule has 0 radical (unpaired) electrons. The summed E-state index contributed by atoms with van der Waals surface area (Å²) in [6.45, 7) is 6.33. The van der Waals surface area contributed by atoms with Crippen molar-refractivity contribution < 1.29 is 9.47 Å². The molecule has 0 unspecified atom stereocenters. The Hall–Kier alpha value is -1.22. The van der Waals surface area contributed by atoms with Gasteiger partial charge < -0.3 is 25.0 Å². The lowest BCUT2D eigenvalue weighted by Crippen LogP contribution is -2.51. The van der Waals surface area contributed by atoms with Gasteiger partial charge in [-0.1, -0.05) is 6.07 Å². The summed E-state index contributed by atoms with van der Waals surface area (Å²) in [4.78, 5) is 6.47. The molecule has 0 saturated carbocycles. The Morgan fingerprint density at radius 3 is 2.58 bits per heavy atom. The lowest BCUT2D eigenvalue weighted by Gasteiger charge is -2.33. The Kier molecular flexibility index (Phi) is 8.08. The van der Waals surface area contributed by atoms with Crippen LogP contribution in [0.4, 0.5) is 0 Å². The van der Waals surface area contributed by atoms with Gasteiger partial charge in [0.2, 0.25) is 6.79 Å². The number of aliphatic imine (C=N–C) groups is 1. The molecule has 0 bridgehead atoms. The summed E-state index contributed by atoms with van der Waals surface area (Å²) in [7, 11) is 5.95. The first-order valence-corrected chi connectivity index (χ1v) is 7.93. The van der Waals surface area contributed by atoms with Crippen molar-refractivity contribution in [3.05, 3.63) is 23.8 Å². The minimum absolute atomic E-state index is 0. The molecule has 2 N–H and O–H groups in total. The normalized spacial score (nSPS) is 13.7. The van der Waals surface area contributed by atoms with E-state index in [1.165, 1.54) is 5.56 Å². The molecular weight excluding hydrogens is 419 g/mol. The number of nitrogens with one attached hydrogen (secondary N) is 2. The molecule has 0 fully saturated rings. The van der Waals surface area contributed by atoms with Crippen LogP contribution in [0.3, 0.4) is 0 Å². The van der Waals surface area contributed by atoms with Gasteiger partial charge in [-0.2, -0.15) is 0 Å². The third-order valence-corrected chi connectivity index (χ3v) is 4.27. The van der Waals surface area contributed by atoms with Gasteiger partial charge in [-0.25, -0.2) is 0 Å². The van der Waals surface area contributed by atoms with Crippen LogP contribution in [0, 0.1) is 0 Å². The second-order valence-corrected chi connectivity index (χ2v) is 6.50. The van der Waals surface area contributed by atoms with E-state index in [1.807, 2.05) is 12.1 Å². The van der Waals surface area contributed by atoms with Gasteiger partial charge in [0.1, 0.15) is 0 Å². The fraction of sp³-hybridized carbons (Fsp3) is 0.588. The van der Waals surface area contributed by atoms with Crippen LogP contribution in [0.1, 0.15) is 19.4 Å². The molecule has 1 aliphatic rings. The van der Waals surface area contributed by atoms with Crippen LogP contribution in [0.2, 0.25) is 0 Å². The third kappa shape index (κ3) is 5.70. The molecule has 0 aromatic heterocycles. The van der Waals surface area contributed by atoms with Crippen molar-refractivity contribution in [2.75, 3.05) is 41.0 Å². The predicted octanol–water partition coefficient (Wildman–Crippen LogP) is 2.08. The zero-order chi connectivity index (χ0) is 16.9. The van der Waals surface area contributed by atoms with Crippen LogP contribution in [-0.4, -0.2) is 57.4 Å². The Morgan fingerprint density at radius 2 is 1.92 bits per heavy atom. The number of fused-ring (bicyclic) bond motifs is 1. The number of hydrogen-bond donors (Lipinski definition) is 2. The maximum absolute atomic E-state index is 5.40. The largest absolute Gasteiger partial charge is 0.454 e. The highest BCUT2D eigenvalue weighted by Crippen LogP contribution is 2.32. The smallest absolute Gasteiger partial charge is 0.231 e. The summed E-state index contributed by atoms with van der Waals surface area (Å²) in [5, 5.41) is 6.72. The van der Waals surface area contributed by atoms with E-state index in [1.54, 1.807) is 7.05 Å². The maximum Gasteiger partial charge on any atom is 0.231 e. The van der Waals surface area contributed by atoms with Crippen molar-refractivity contribution in [1.29, 1.82) is 0 Å². The van der Waals surface area contributed by atoms with Crippen LogP contribution >= 0.6 is 24.0 Å². The first kappa shape index (κ1) is 20.8. The minimum Gasteiger partial charge on any atom is -0.454 e. The van der Waals surface area contributed by atoms with Crippen molar-refractivity contribution >= 4 is 29.9 Å². The van der Waals surface area contributed by atoms with E-state index in [4.69, 9.17) is 9.47 Å². The average Bonchev–Trinajstić information content (AvgIpc) is 2.98. The molecule has 0 spiro atoms. The van der Waals surface area contributed by atoms with E-state index >= 15 is 0 Å². The van der Waals surface area contributed by atoms with Gasteiger partial charge in [0.25, 0.3) is 0 Å². The Morgan fingerprint density at radius 1 is 1.21 bits per heavy atom. The molecule has 2 rings (SSSR count). The van der Waals surface area contributed by atoms with E-state index in [9.17, 15) is 0 Å². The highest BCUT2D eigenvalue weighted by Gasteiger charge is 2.20. The van der Waals surface area contributed by atoms with Crippen LogP contribution < -0.4 is 20.1 Å². The Balaban J connectivity index is 0.00000288. The molecule has 0 saturated heterocycles. The van der Waals surface area contributed by atoms with Crippen molar-refractivity contribution in [3.63, 3.8) is 0 Å². The number of benzene rings is 1. The fourth-order valence-corrected chi connectivity index (χ4v) is 2.10. The van der Waals surface area contributed by atoms with Crippen molar-refractivity contribution in [2.45, 2.75) is 25.8 Å².